The molecule has 0 saturated carbocycles. The molecule has 0 unspecified atom stereocenters. The highest BCUT2D eigenvalue weighted by Crippen LogP contribution is 2.26. The van der Waals surface area contributed by atoms with Crippen molar-refractivity contribution in [3.63, 3.8) is 0 Å². The zero-order valence-corrected chi connectivity index (χ0v) is 12.7. The van der Waals surface area contributed by atoms with Crippen LogP contribution < -0.4 is 16.0 Å². The van der Waals surface area contributed by atoms with Gasteiger partial charge in [0.25, 0.3) is 5.56 Å². The molecule has 108 valence electrons. The van der Waals surface area contributed by atoms with Crippen molar-refractivity contribution in [2.75, 3.05) is 7.11 Å². The van der Waals surface area contributed by atoms with Crippen molar-refractivity contribution in [2.45, 2.75) is 13.8 Å². The third kappa shape index (κ3) is 1.99. The van der Waals surface area contributed by atoms with E-state index >= 15 is 0 Å². The Kier molecular flexibility index (Phi) is 3.17. The Morgan fingerprint density at radius 1 is 1.19 bits per heavy atom. The van der Waals surface area contributed by atoms with Gasteiger partial charge in [0.1, 0.15) is 10.6 Å². The van der Waals surface area contributed by atoms with E-state index in [-0.39, 0.29) is 5.56 Å². The predicted molar refractivity (Wildman–Crippen MR) is 84.1 cm³/mol. The van der Waals surface area contributed by atoms with Gasteiger partial charge in [-0.1, -0.05) is 12.1 Å². The minimum atomic E-state index is -0.460. The number of rotatable bonds is 2. The summed E-state index contributed by atoms with van der Waals surface area (Å²) in [5.74, 6) is 0.481. The largest absolute Gasteiger partial charge is 0.495 e. The van der Waals surface area contributed by atoms with E-state index in [9.17, 15) is 9.59 Å². The predicted octanol–water partition coefficient (Wildman–Crippen LogP) is 2.37. The Morgan fingerprint density at radius 3 is 2.62 bits per heavy atom. The van der Waals surface area contributed by atoms with Gasteiger partial charge >= 0.3 is 5.69 Å². The number of aromatic nitrogens is 2. The van der Waals surface area contributed by atoms with Crippen LogP contribution in [-0.4, -0.2) is 16.7 Å². The highest BCUT2D eigenvalue weighted by molar-refractivity contribution is 7.18. The second kappa shape index (κ2) is 4.89. The fraction of sp³-hybridized carbons (Fsp3) is 0.200. The number of nitrogens with zero attached hydrogens (tertiary/aromatic N) is 1. The average molecular weight is 302 g/mol. The Labute approximate surface area is 124 Å². The van der Waals surface area contributed by atoms with E-state index in [0.29, 0.717) is 21.7 Å². The zero-order valence-electron chi connectivity index (χ0n) is 11.9. The average Bonchev–Trinajstić information content (AvgIpc) is 2.74. The van der Waals surface area contributed by atoms with Crippen LogP contribution in [0.5, 0.6) is 5.75 Å². The molecule has 0 spiro atoms. The fourth-order valence-corrected chi connectivity index (χ4v) is 3.41. The van der Waals surface area contributed by atoms with Crippen molar-refractivity contribution in [3.8, 4) is 11.4 Å². The molecule has 0 radical (unpaired) electrons. The summed E-state index contributed by atoms with van der Waals surface area (Å²) in [6, 6.07) is 6.97. The van der Waals surface area contributed by atoms with Gasteiger partial charge in [0.2, 0.25) is 0 Å². The second-order valence-corrected chi connectivity index (χ2v) is 5.95. The van der Waals surface area contributed by atoms with Crippen LogP contribution in [0.3, 0.4) is 0 Å². The van der Waals surface area contributed by atoms with Crippen molar-refractivity contribution in [1.82, 2.24) is 9.55 Å². The van der Waals surface area contributed by atoms with Gasteiger partial charge in [-0.15, -0.1) is 11.3 Å². The summed E-state index contributed by atoms with van der Waals surface area (Å²) in [7, 11) is 1.51. The van der Waals surface area contributed by atoms with Crippen LogP contribution >= 0.6 is 11.3 Å². The molecule has 2 heterocycles. The van der Waals surface area contributed by atoms with Crippen LogP contribution in [0.1, 0.15) is 10.4 Å². The van der Waals surface area contributed by atoms with Crippen molar-refractivity contribution in [2.24, 2.45) is 0 Å². The normalized spacial score (nSPS) is 11.0. The maximum Gasteiger partial charge on any atom is 0.334 e. The molecule has 1 N–H and O–H groups in total. The third-order valence-electron chi connectivity index (χ3n) is 3.55. The molecular formula is C15H14N2O3S. The van der Waals surface area contributed by atoms with Crippen molar-refractivity contribution < 1.29 is 4.74 Å². The lowest BCUT2D eigenvalue weighted by Gasteiger charge is -2.09. The minimum absolute atomic E-state index is 0.319. The van der Waals surface area contributed by atoms with Gasteiger partial charge in [0.15, 0.2) is 0 Å². The molecule has 2 aromatic heterocycles. The second-order valence-electron chi connectivity index (χ2n) is 4.73. The maximum absolute atomic E-state index is 12.7. The summed E-state index contributed by atoms with van der Waals surface area (Å²) in [6.07, 6.45) is 0. The molecule has 0 saturated heterocycles. The van der Waals surface area contributed by atoms with E-state index in [1.165, 1.54) is 18.4 Å². The summed E-state index contributed by atoms with van der Waals surface area (Å²) in [5.41, 5.74) is 0.564. The lowest BCUT2D eigenvalue weighted by Crippen LogP contribution is -2.33. The van der Waals surface area contributed by atoms with Crippen LogP contribution in [0.2, 0.25) is 0 Å². The Balaban J connectivity index is 2.46. The maximum atomic E-state index is 12.7. The Morgan fingerprint density at radius 2 is 1.90 bits per heavy atom. The van der Waals surface area contributed by atoms with Gasteiger partial charge in [0.05, 0.1) is 18.2 Å². The van der Waals surface area contributed by atoms with E-state index < -0.39 is 5.69 Å². The Bertz CT molecular complexity index is 950. The van der Waals surface area contributed by atoms with E-state index in [1.807, 2.05) is 13.8 Å². The molecule has 0 amide bonds. The number of aromatic amines is 1. The van der Waals surface area contributed by atoms with Crippen molar-refractivity contribution >= 4 is 21.6 Å². The molecule has 0 fully saturated rings. The van der Waals surface area contributed by atoms with E-state index in [4.69, 9.17) is 4.74 Å². The smallest absolute Gasteiger partial charge is 0.334 e. The quantitative estimate of drug-likeness (QED) is 0.790. The Hall–Kier alpha value is -2.34. The van der Waals surface area contributed by atoms with Gasteiger partial charge in [-0.25, -0.2) is 9.36 Å². The molecular weight excluding hydrogens is 288 g/mol. The van der Waals surface area contributed by atoms with Crippen LogP contribution in [-0.2, 0) is 0 Å². The number of nitrogens with one attached hydrogen (secondary N) is 1. The van der Waals surface area contributed by atoms with Gasteiger partial charge in [0, 0.05) is 4.88 Å². The number of thiophene rings is 1. The summed E-state index contributed by atoms with van der Waals surface area (Å²) < 4.78 is 6.37. The SMILES string of the molecule is COc1ccccc1-n1c(=O)[nH]c2sc(C)c(C)c2c1=O. The zero-order chi connectivity index (χ0) is 15.1. The molecule has 0 aliphatic carbocycles. The first-order valence-electron chi connectivity index (χ1n) is 6.43. The van der Waals surface area contributed by atoms with Gasteiger partial charge < -0.3 is 4.74 Å². The van der Waals surface area contributed by atoms with Crippen molar-refractivity contribution in [3.05, 3.63) is 55.5 Å². The van der Waals surface area contributed by atoms with Crippen molar-refractivity contribution in [1.29, 1.82) is 0 Å². The molecule has 1 aromatic carbocycles. The number of benzene rings is 1. The minimum Gasteiger partial charge on any atom is -0.495 e. The number of aryl methyl sites for hydroxylation is 2. The van der Waals surface area contributed by atoms with Gasteiger partial charge in [-0.05, 0) is 31.5 Å². The number of methoxy groups -OCH3 is 1. The van der Waals surface area contributed by atoms with Crippen LogP contribution in [0.4, 0.5) is 0 Å². The summed E-state index contributed by atoms with van der Waals surface area (Å²) >= 11 is 1.42. The molecule has 0 atom stereocenters. The number of hydrogen-bond donors (Lipinski definition) is 1. The topological polar surface area (TPSA) is 64.1 Å². The molecule has 0 bridgehead atoms. The van der Waals surface area contributed by atoms with Crippen LogP contribution in [0, 0.1) is 13.8 Å². The van der Waals surface area contributed by atoms with E-state index in [1.54, 1.807) is 24.3 Å². The van der Waals surface area contributed by atoms with Crippen LogP contribution in [0.15, 0.2) is 33.9 Å². The van der Waals surface area contributed by atoms with E-state index in [0.717, 1.165) is 15.0 Å². The fourth-order valence-electron chi connectivity index (χ4n) is 2.36. The first-order valence-corrected chi connectivity index (χ1v) is 7.24. The summed E-state index contributed by atoms with van der Waals surface area (Å²) in [6.45, 7) is 3.83. The summed E-state index contributed by atoms with van der Waals surface area (Å²) in [5, 5.41) is 0.558. The number of para-hydroxylation sites is 2. The molecule has 3 aromatic rings. The highest BCUT2D eigenvalue weighted by atomic mass is 32.1. The third-order valence-corrected chi connectivity index (χ3v) is 4.67. The molecule has 3 rings (SSSR count). The number of ether oxygens (including phenoxy) is 1. The number of fused-ring (bicyclic) bond motifs is 1. The molecule has 21 heavy (non-hydrogen) atoms. The molecule has 6 heteroatoms. The highest BCUT2D eigenvalue weighted by Gasteiger charge is 2.16. The first-order chi connectivity index (χ1) is 10.0. The lowest BCUT2D eigenvalue weighted by atomic mass is 10.2. The molecule has 0 aliphatic heterocycles. The molecule has 0 aliphatic rings. The lowest BCUT2D eigenvalue weighted by molar-refractivity contribution is 0.412. The van der Waals surface area contributed by atoms with E-state index in [2.05, 4.69) is 4.98 Å². The monoisotopic (exact) mass is 302 g/mol. The van der Waals surface area contributed by atoms with Gasteiger partial charge in [-0.2, -0.15) is 0 Å². The standard InChI is InChI=1S/C15H14N2O3S/c1-8-9(2)21-13-12(8)14(18)17(15(19)16-13)10-6-4-5-7-11(10)20-3/h4-7H,1-3H3,(H,16,19). The summed E-state index contributed by atoms with van der Waals surface area (Å²) in [4.78, 5) is 29.5. The number of H-pyrrole nitrogens is 1. The number of hydrogen-bond acceptors (Lipinski definition) is 4. The van der Waals surface area contributed by atoms with Gasteiger partial charge in [-0.3, -0.25) is 9.78 Å². The van der Waals surface area contributed by atoms with Crippen LogP contribution in [0.25, 0.3) is 15.9 Å². The molecule has 5 nitrogen and oxygen atoms in total. The first kappa shape index (κ1) is 13.6.